The molecule has 1 heterocycles. The van der Waals surface area contributed by atoms with Crippen LogP contribution in [-0.2, 0) is 32.6 Å². The van der Waals surface area contributed by atoms with Gasteiger partial charge in [0.2, 0.25) is 5.91 Å². The summed E-state index contributed by atoms with van der Waals surface area (Å²) in [6.07, 6.45) is 3.59. The second kappa shape index (κ2) is 7.90. The first kappa shape index (κ1) is 24.0. The zero-order valence-corrected chi connectivity index (χ0v) is 20.0. The van der Waals surface area contributed by atoms with Crippen LogP contribution in [0.3, 0.4) is 0 Å². The molecule has 0 bridgehead atoms. The highest BCUT2D eigenvalue weighted by Crippen LogP contribution is 2.51. The van der Waals surface area contributed by atoms with Crippen molar-refractivity contribution in [1.82, 2.24) is 14.7 Å². The van der Waals surface area contributed by atoms with E-state index in [1.165, 1.54) is 11.0 Å². The van der Waals surface area contributed by atoms with Gasteiger partial charge in [-0.25, -0.2) is 0 Å². The second-order valence-electron chi connectivity index (χ2n) is 10.2. The first-order valence-corrected chi connectivity index (χ1v) is 11.6. The standard InChI is InChI=1S/C25H26N4O7/c1-28(2)19-14-7-10-6-13-12(11-8-27-29(3)9-11)4-5-15(30)17(13)20(31)16(10)22(33)25(14,36)23(34)18(21(19)32)24(26)35/h4-5,8-10,14,16,18-19,30,36H,6-7H2,1-3H3,(H2,26,35)/t10-,14-,16?,18?,19-,25-/m0/s1. The minimum absolute atomic E-state index is 0.00598. The molecule has 3 aliphatic carbocycles. The Hall–Kier alpha value is -3.70. The highest BCUT2D eigenvalue weighted by molar-refractivity contribution is 6.32. The molecule has 3 aliphatic rings. The molecule has 2 saturated carbocycles. The van der Waals surface area contributed by atoms with Crippen molar-refractivity contribution in [2.24, 2.45) is 36.5 Å². The fourth-order valence-electron chi connectivity index (χ4n) is 6.44. The number of aliphatic hydroxyl groups is 1. The molecule has 0 saturated heterocycles. The largest absolute Gasteiger partial charge is 0.507 e. The molecule has 0 spiro atoms. The maximum atomic E-state index is 13.8. The van der Waals surface area contributed by atoms with Crippen molar-refractivity contribution in [3.63, 3.8) is 0 Å². The van der Waals surface area contributed by atoms with Crippen molar-refractivity contribution in [1.29, 1.82) is 0 Å². The minimum Gasteiger partial charge on any atom is -0.507 e. The van der Waals surface area contributed by atoms with E-state index in [0.29, 0.717) is 11.1 Å². The number of benzene rings is 1. The molecule has 4 N–H and O–H groups in total. The number of rotatable bonds is 3. The lowest BCUT2D eigenvalue weighted by atomic mass is 9.52. The molecule has 1 aromatic heterocycles. The summed E-state index contributed by atoms with van der Waals surface area (Å²) < 4.78 is 1.60. The molecule has 2 unspecified atom stereocenters. The normalized spacial score (nSPS) is 31.8. The van der Waals surface area contributed by atoms with Crippen LogP contribution in [-0.4, -0.2) is 79.7 Å². The van der Waals surface area contributed by atoms with E-state index in [-0.39, 0.29) is 24.2 Å². The minimum atomic E-state index is -2.73. The first-order valence-electron chi connectivity index (χ1n) is 11.6. The number of likely N-dealkylation sites (N-methyl/N-ethyl adjacent to an activating group) is 1. The zero-order valence-electron chi connectivity index (χ0n) is 20.0. The number of aromatic nitrogens is 2. The van der Waals surface area contributed by atoms with E-state index in [0.717, 1.165) is 5.56 Å². The number of aromatic hydroxyl groups is 1. The molecule has 0 aliphatic heterocycles. The Kier molecular flexibility index (Phi) is 5.27. The van der Waals surface area contributed by atoms with Crippen LogP contribution in [0.25, 0.3) is 11.1 Å². The quantitative estimate of drug-likeness (QED) is 0.465. The summed E-state index contributed by atoms with van der Waals surface area (Å²) >= 11 is 0. The predicted molar refractivity (Wildman–Crippen MR) is 124 cm³/mol. The number of fused-ring (bicyclic) bond motifs is 3. The Labute approximate surface area is 205 Å². The number of primary amides is 1. The molecule has 2 aromatic rings. The fourth-order valence-corrected chi connectivity index (χ4v) is 6.44. The van der Waals surface area contributed by atoms with Gasteiger partial charge >= 0.3 is 0 Å². The number of ketones is 4. The molecule has 2 fully saturated rings. The number of phenolic OH excluding ortho intramolecular Hbond substituents is 1. The van der Waals surface area contributed by atoms with Crippen molar-refractivity contribution in [3.8, 4) is 16.9 Å². The van der Waals surface area contributed by atoms with Gasteiger partial charge < -0.3 is 15.9 Å². The molecule has 11 heteroatoms. The molecule has 1 amide bonds. The first-order chi connectivity index (χ1) is 16.9. The van der Waals surface area contributed by atoms with E-state index in [2.05, 4.69) is 5.10 Å². The number of hydrogen-bond donors (Lipinski definition) is 3. The van der Waals surface area contributed by atoms with Crippen LogP contribution in [0.5, 0.6) is 5.75 Å². The number of nitrogens with two attached hydrogens (primary N) is 1. The van der Waals surface area contributed by atoms with E-state index in [1.54, 1.807) is 44.3 Å². The lowest BCUT2D eigenvalue weighted by Crippen LogP contribution is -2.74. The summed E-state index contributed by atoms with van der Waals surface area (Å²) in [6, 6.07) is 1.90. The molecule has 0 radical (unpaired) electrons. The van der Waals surface area contributed by atoms with Gasteiger partial charge in [-0.05, 0) is 50.0 Å². The molecule has 11 nitrogen and oxygen atoms in total. The highest BCUT2D eigenvalue weighted by Gasteiger charge is 2.69. The number of hydrogen-bond acceptors (Lipinski definition) is 9. The average Bonchev–Trinajstić information content (AvgIpc) is 3.22. The van der Waals surface area contributed by atoms with Crippen molar-refractivity contribution in [2.45, 2.75) is 24.5 Å². The fraction of sp³-hybridized carbons (Fsp3) is 0.440. The number of nitrogens with zero attached hydrogens (tertiary/aromatic N) is 3. The monoisotopic (exact) mass is 494 g/mol. The van der Waals surface area contributed by atoms with Gasteiger partial charge in [-0.1, -0.05) is 6.07 Å². The van der Waals surface area contributed by atoms with Crippen LogP contribution in [0.4, 0.5) is 0 Å². The third kappa shape index (κ3) is 3.05. The summed E-state index contributed by atoms with van der Waals surface area (Å²) in [4.78, 5) is 67.4. The molecular weight excluding hydrogens is 468 g/mol. The van der Waals surface area contributed by atoms with Gasteiger partial charge in [0.15, 0.2) is 34.7 Å². The highest BCUT2D eigenvalue weighted by atomic mass is 16.3. The van der Waals surface area contributed by atoms with Crippen LogP contribution >= 0.6 is 0 Å². The van der Waals surface area contributed by atoms with Crippen molar-refractivity contribution in [2.75, 3.05) is 14.1 Å². The van der Waals surface area contributed by atoms with Crippen LogP contribution in [0.1, 0.15) is 22.3 Å². The number of carbonyl (C=O) groups excluding carboxylic acids is 5. The summed E-state index contributed by atoms with van der Waals surface area (Å²) in [5.74, 6) is -10.6. The maximum Gasteiger partial charge on any atom is 0.235 e. The third-order valence-corrected chi connectivity index (χ3v) is 7.96. The number of Topliss-reactive ketones (excluding diaryl/α,β-unsaturated/α-hetero) is 4. The van der Waals surface area contributed by atoms with Crippen LogP contribution in [0, 0.1) is 23.7 Å². The zero-order chi connectivity index (χ0) is 26.3. The summed E-state index contributed by atoms with van der Waals surface area (Å²) in [5, 5.41) is 26.4. The van der Waals surface area contributed by atoms with Gasteiger partial charge in [-0.15, -0.1) is 0 Å². The number of carbonyl (C=O) groups is 5. The van der Waals surface area contributed by atoms with Gasteiger partial charge in [-0.2, -0.15) is 5.10 Å². The molecule has 188 valence electrons. The topological polar surface area (TPSA) is 173 Å². The van der Waals surface area contributed by atoms with Gasteiger partial charge in [0.25, 0.3) is 0 Å². The van der Waals surface area contributed by atoms with Gasteiger partial charge in [-0.3, -0.25) is 33.6 Å². The summed E-state index contributed by atoms with van der Waals surface area (Å²) in [6.45, 7) is 0. The molecule has 1 aromatic carbocycles. The lowest BCUT2D eigenvalue weighted by molar-refractivity contribution is -0.181. The summed E-state index contributed by atoms with van der Waals surface area (Å²) in [5.41, 5.74) is 4.49. The van der Waals surface area contributed by atoms with E-state index in [1.807, 2.05) is 0 Å². The third-order valence-electron chi connectivity index (χ3n) is 7.96. The maximum absolute atomic E-state index is 13.8. The molecular formula is C25H26N4O7. The van der Waals surface area contributed by atoms with E-state index >= 15 is 0 Å². The molecule has 36 heavy (non-hydrogen) atoms. The SMILES string of the molecule is CN(C)[C@@H]1C(=O)C(C(N)=O)C(=O)[C@@]2(O)C(=O)C3C(=O)c4c(O)ccc(-c5cnn(C)c5)c4C[C@H]3C[C@@H]12. The number of phenols is 1. The second-order valence-corrected chi connectivity index (χ2v) is 10.2. The van der Waals surface area contributed by atoms with E-state index in [9.17, 15) is 34.2 Å². The Morgan fingerprint density at radius 3 is 2.47 bits per heavy atom. The van der Waals surface area contributed by atoms with Crippen molar-refractivity contribution in [3.05, 3.63) is 35.7 Å². The Morgan fingerprint density at radius 1 is 1.19 bits per heavy atom. The molecule has 5 rings (SSSR count). The molecule has 6 atom stereocenters. The van der Waals surface area contributed by atoms with E-state index < -0.39 is 64.4 Å². The van der Waals surface area contributed by atoms with E-state index in [4.69, 9.17) is 5.73 Å². The van der Waals surface area contributed by atoms with Gasteiger partial charge in [0, 0.05) is 24.7 Å². The number of amides is 1. The predicted octanol–water partition coefficient (Wildman–Crippen LogP) is -0.732. The van der Waals surface area contributed by atoms with Crippen molar-refractivity contribution < 1.29 is 34.2 Å². The van der Waals surface area contributed by atoms with Crippen molar-refractivity contribution >= 4 is 29.0 Å². The van der Waals surface area contributed by atoms with Crippen LogP contribution in [0.15, 0.2) is 24.5 Å². The smallest absolute Gasteiger partial charge is 0.235 e. The van der Waals surface area contributed by atoms with Gasteiger partial charge in [0.05, 0.1) is 23.7 Å². The Balaban J connectivity index is 1.66. The number of aryl methyl sites for hydroxylation is 1. The Bertz CT molecular complexity index is 1360. The van der Waals surface area contributed by atoms with Crippen LogP contribution in [0.2, 0.25) is 0 Å². The average molecular weight is 495 g/mol. The Morgan fingerprint density at radius 2 is 1.89 bits per heavy atom. The van der Waals surface area contributed by atoms with Gasteiger partial charge in [0.1, 0.15) is 5.75 Å². The lowest BCUT2D eigenvalue weighted by Gasteiger charge is -2.52. The van der Waals surface area contributed by atoms with Crippen LogP contribution < -0.4 is 5.73 Å². The summed E-state index contributed by atoms with van der Waals surface area (Å²) in [7, 11) is 4.84.